The van der Waals surface area contributed by atoms with Gasteiger partial charge in [-0.05, 0) is 48.8 Å². The van der Waals surface area contributed by atoms with Crippen LogP contribution in [-0.4, -0.2) is 12.2 Å². The maximum absolute atomic E-state index is 10.7. The normalized spacial score (nSPS) is 36.6. The third-order valence-electron chi connectivity index (χ3n) is 4.44. The molecule has 2 fully saturated rings. The third kappa shape index (κ3) is 1.29. The number of fused-ring (bicyclic) bond motifs is 1. The summed E-state index contributed by atoms with van der Waals surface area (Å²) in [6.45, 7) is 0. The van der Waals surface area contributed by atoms with Crippen LogP contribution in [0.5, 0.6) is 5.75 Å². The summed E-state index contributed by atoms with van der Waals surface area (Å²) in [4.78, 5) is 0. The van der Waals surface area contributed by atoms with Gasteiger partial charge in [-0.2, -0.15) is 0 Å². The van der Waals surface area contributed by atoms with E-state index in [2.05, 4.69) is 0 Å². The second-order valence-corrected chi connectivity index (χ2v) is 5.15. The second-order valence-electron chi connectivity index (χ2n) is 5.15. The van der Waals surface area contributed by atoms with Gasteiger partial charge in [-0.25, -0.2) is 0 Å². The molecule has 0 aromatic heterocycles. The lowest BCUT2D eigenvalue weighted by Gasteiger charge is -2.49. The summed E-state index contributed by atoms with van der Waals surface area (Å²) < 4.78 is 5.14. The smallest absolute Gasteiger partial charge is 0.118 e. The molecule has 86 valence electrons. The van der Waals surface area contributed by atoms with Gasteiger partial charge in [0.2, 0.25) is 0 Å². The van der Waals surface area contributed by atoms with E-state index in [-0.39, 0.29) is 0 Å². The van der Waals surface area contributed by atoms with E-state index in [4.69, 9.17) is 4.74 Å². The molecule has 0 spiro atoms. The minimum Gasteiger partial charge on any atom is -0.497 e. The lowest BCUT2D eigenvalue weighted by molar-refractivity contribution is -0.132. The van der Waals surface area contributed by atoms with Crippen LogP contribution in [0, 0.1) is 11.8 Å². The van der Waals surface area contributed by atoms with Crippen LogP contribution in [-0.2, 0) is 5.60 Å². The zero-order chi connectivity index (χ0) is 11.2. The third-order valence-corrected chi connectivity index (χ3v) is 4.44. The fourth-order valence-corrected chi connectivity index (χ4v) is 3.51. The van der Waals surface area contributed by atoms with Crippen molar-refractivity contribution in [3.05, 3.63) is 29.8 Å². The molecular formula is C14H18O2. The van der Waals surface area contributed by atoms with E-state index in [9.17, 15) is 5.11 Å². The van der Waals surface area contributed by atoms with Crippen LogP contribution in [0.3, 0.4) is 0 Å². The lowest BCUT2D eigenvalue weighted by Crippen LogP contribution is -2.48. The topological polar surface area (TPSA) is 29.5 Å². The van der Waals surface area contributed by atoms with Gasteiger partial charge in [0.05, 0.1) is 12.7 Å². The number of methoxy groups -OCH3 is 1. The molecule has 3 atom stereocenters. The van der Waals surface area contributed by atoms with E-state index >= 15 is 0 Å². The van der Waals surface area contributed by atoms with E-state index in [1.54, 1.807) is 7.11 Å². The van der Waals surface area contributed by atoms with Crippen molar-refractivity contribution in [3.8, 4) is 5.75 Å². The lowest BCUT2D eigenvalue weighted by atomic mass is 9.60. The average Bonchev–Trinajstić information content (AvgIpc) is 2.71. The molecule has 0 heterocycles. The van der Waals surface area contributed by atoms with Gasteiger partial charge < -0.3 is 9.84 Å². The summed E-state index contributed by atoms with van der Waals surface area (Å²) >= 11 is 0. The molecule has 0 aliphatic heterocycles. The molecule has 0 radical (unpaired) electrons. The van der Waals surface area contributed by atoms with Gasteiger partial charge in [0.15, 0.2) is 0 Å². The first-order valence-corrected chi connectivity index (χ1v) is 6.11. The molecular weight excluding hydrogens is 200 g/mol. The summed E-state index contributed by atoms with van der Waals surface area (Å²) in [7, 11) is 1.67. The quantitative estimate of drug-likeness (QED) is 0.827. The van der Waals surface area contributed by atoms with Crippen molar-refractivity contribution < 1.29 is 9.84 Å². The first-order chi connectivity index (χ1) is 7.74. The molecule has 2 aliphatic rings. The summed E-state index contributed by atoms with van der Waals surface area (Å²) in [5.41, 5.74) is 0.518. The van der Waals surface area contributed by atoms with Crippen LogP contribution in [0.4, 0.5) is 0 Å². The van der Waals surface area contributed by atoms with Crippen molar-refractivity contribution in [2.75, 3.05) is 7.11 Å². The number of rotatable bonds is 2. The Morgan fingerprint density at radius 2 is 2.00 bits per heavy atom. The van der Waals surface area contributed by atoms with Gasteiger partial charge in [0.1, 0.15) is 5.75 Å². The fraction of sp³-hybridized carbons (Fsp3) is 0.571. The highest BCUT2D eigenvalue weighted by atomic mass is 16.5. The minimum atomic E-state index is -0.548. The summed E-state index contributed by atoms with van der Waals surface area (Å²) in [5.74, 6) is 2.13. The first kappa shape index (κ1) is 10.2. The van der Waals surface area contributed by atoms with Crippen molar-refractivity contribution >= 4 is 0 Å². The van der Waals surface area contributed by atoms with Crippen molar-refractivity contribution in [1.82, 2.24) is 0 Å². The number of aliphatic hydroxyl groups is 1. The van der Waals surface area contributed by atoms with Gasteiger partial charge in [0, 0.05) is 0 Å². The van der Waals surface area contributed by atoms with Crippen LogP contribution >= 0.6 is 0 Å². The van der Waals surface area contributed by atoms with Crippen LogP contribution in [0.1, 0.15) is 31.2 Å². The van der Waals surface area contributed by atoms with Crippen LogP contribution in [0.25, 0.3) is 0 Å². The van der Waals surface area contributed by atoms with Gasteiger partial charge in [-0.3, -0.25) is 0 Å². The second kappa shape index (κ2) is 3.49. The number of hydrogen-bond acceptors (Lipinski definition) is 2. The molecule has 2 saturated carbocycles. The molecule has 1 aromatic carbocycles. The molecule has 2 nitrogen and oxygen atoms in total. The van der Waals surface area contributed by atoms with Gasteiger partial charge in [-0.1, -0.05) is 18.6 Å². The van der Waals surface area contributed by atoms with Crippen LogP contribution in [0.2, 0.25) is 0 Å². The highest BCUT2D eigenvalue weighted by Crippen LogP contribution is 2.58. The molecule has 1 aromatic rings. The predicted octanol–water partition coefficient (Wildman–Crippen LogP) is 2.70. The maximum atomic E-state index is 10.7. The Bertz CT molecular complexity index is 384. The first-order valence-electron chi connectivity index (χ1n) is 6.11. The summed E-state index contributed by atoms with van der Waals surface area (Å²) in [5, 5.41) is 10.7. The van der Waals surface area contributed by atoms with Crippen LogP contribution < -0.4 is 4.74 Å². The highest BCUT2D eigenvalue weighted by molar-refractivity contribution is 5.33. The Hall–Kier alpha value is -1.02. The Morgan fingerprint density at radius 3 is 2.62 bits per heavy atom. The fourth-order valence-electron chi connectivity index (χ4n) is 3.51. The number of hydrogen-bond donors (Lipinski definition) is 1. The SMILES string of the molecule is COc1ccc([C@]2(O)C[C@@H]3CCC[C@@H]32)cc1. The zero-order valence-electron chi connectivity index (χ0n) is 9.65. The molecule has 3 rings (SSSR count). The molecule has 2 aliphatic carbocycles. The standard InChI is InChI=1S/C14H18O2/c1-16-12-7-5-11(6-8-12)14(15)9-10-3-2-4-13(10)14/h5-8,10,13,15H,2-4,9H2,1H3/t10-,13-,14+/m0/s1. The zero-order valence-corrected chi connectivity index (χ0v) is 9.65. The van der Waals surface area contributed by atoms with E-state index in [1.807, 2.05) is 24.3 Å². The van der Waals surface area contributed by atoms with Crippen molar-refractivity contribution in [2.24, 2.45) is 11.8 Å². The summed E-state index contributed by atoms with van der Waals surface area (Å²) in [6.07, 6.45) is 4.73. The van der Waals surface area contributed by atoms with Crippen molar-refractivity contribution in [3.63, 3.8) is 0 Å². The molecule has 16 heavy (non-hydrogen) atoms. The van der Waals surface area contributed by atoms with E-state index in [0.29, 0.717) is 5.92 Å². The maximum Gasteiger partial charge on any atom is 0.118 e. The predicted molar refractivity (Wildman–Crippen MR) is 62.3 cm³/mol. The Kier molecular flexibility index (Phi) is 2.21. The molecule has 2 heteroatoms. The molecule has 0 bridgehead atoms. The average molecular weight is 218 g/mol. The van der Waals surface area contributed by atoms with E-state index < -0.39 is 5.60 Å². The molecule has 0 amide bonds. The van der Waals surface area contributed by atoms with Gasteiger partial charge in [-0.15, -0.1) is 0 Å². The van der Waals surface area contributed by atoms with E-state index in [1.165, 1.54) is 19.3 Å². The molecule has 0 saturated heterocycles. The Balaban J connectivity index is 1.86. The summed E-state index contributed by atoms with van der Waals surface area (Å²) in [6, 6.07) is 7.89. The molecule has 0 unspecified atom stereocenters. The minimum absolute atomic E-state index is 0.501. The number of benzene rings is 1. The van der Waals surface area contributed by atoms with Gasteiger partial charge >= 0.3 is 0 Å². The number of ether oxygens (including phenoxy) is 1. The monoisotopic (exact) mass is 218 g/mol. The van der Waals surface area contributed by atoms with Crippen molar-refractivity contribution in [2.45, 2.75) is 31.3 Å². The van der Waals surface area contributed by atoms with Crippen LogP contribution in [0.15, 0.2) is 24.3 Å². The Morgan fingerprint density at radius 1 is 1.25 bits per heavy atom. The van der Waals surface area contributed by atoms with Crippen molar-refractivity contribution in [1.29, 1.82) is 0 Å². The Labute approximate surface area is 96.2 Å². The van der Waals surface area contributed by atoms with E-state index in [0.717, 1.165) is 23.7 Å². The largest absolute Gasteiger partial charge is 0.497 e. The van der Waals surface area contributed by atoms with Gasteiger partial charge in [0.25, 0.3) is 0 Å². The molecule has 1 N–H and O–H groups in total. The highest BCUT2D eigenvalue weighted by Gasteiger charge is 2.55.